The lowest BCUT2D eigenvalue weighted by Crippen LogP contribution is -2.33. The highest BCUT2D eigenvalue weighted by atomic mass is 16.6. The molecule has 0 saturated carbocycles. The van der Waals surface area contributed by atoms with E-state index in [1.165, 1.54) is 5.57 Å². The quantitative estimate of drug-likeness (QED) is 0.406. The third-order valence-corrected chi connectivity index (χ3v) is 3.18. The highest BCUT2D eigenvalue weighted by Gasteiger charge is 2.52. The lowest BCUT2D eigenvalue weighted by atomic mass is 9.70. The molecule has 0 radical (unpaired) electrons. The van der Waals surface area contributed by atoms with E-state index in [1.54, 1.807) is 0 Å². The van der Waals surface area contributed by atoms with Crippen LogP contribution >= 0.6 is 0 Å². The Bertz CT molecular complexity index is 263. The van der Waals surface area contributed by atoms with E-state index in [1.807, 2.05) is 6.92 Å². The van der Waals surface area contributed by atoms with Crippen LogP contribution in [0.2, 0.25) is 0 Å². The molecule has 1 aliphatic carbocycles. The number of carbonyl (C=O) groups is 1. The monoisotopic (exact) mass is 166 g/mol. The van der Waals surface area contributed by atoms with Crippen molar-refractivity contribution in [3.05, 3.63) is 11.6 Å². The minimum absolute atomic E-state index is 0.00984. The fraction of sp³-hybridized carbons (Fsp3) is 0.700. The molecule has 2 atom stereocenters. The first-order valence-electron chi connectivity index (χ1n) is 4.40. The van der Waals surface area contributed by atoms with Crippen LogP contribution in [0, 0.1) is 11.3 Å². The highest BCUT2D eigenvalue weighted by molar-refractivity contribution is 5.77. The maximum Gasteiger partial charge on any atom is 0.310 e. The normalized spacial score (nSPS) is 37.6. The first-order chi connectivity index (χ1) is 5.53. The minimum Gasteiger partial charge on any atom is -0.457 e. The van der Waals surface area contributed by atoms with Gasteiger partial charge in [0.1, 0.15) is 6.10 Å². The van der Waals surface area contributed by atoms with Gasteiger partial charge in [0, 0.05) is 5.41 Å². The number of carbonyl (C=O) groups excluding carboxylic acids is 1. The molecule has 66 valence electrons. The number of allylic oxidation sites excluding steroid dienone is 1. The van der Waals surface area contributed by atoms with Gasteiger partial charge in [-0.05, 0) is 18.9 Å². The maximum atomic E-state index is 11.4. The van der Waals surface area contributed by atoms with Gasteiger partial charge in [-0.25, -0.2) is 0 Å². The SMILES string of the molecule is CC1=CCC2C(=O)OC1C2(C)C. The van der Waals surface area contributed by atoms with Gasteiger partial charge in [-0.15, -0.1) is 0 Å². The van der Waals surface area contributed by atoms with Crippen molar-refractivity contribution >= 4 is 5.97 Å². The number of ether oxygens (including phenoxy) is 1. The second kappa shape index (κ2) is 2.12. The molecule has 2 nitrogen and oxygen atoms in total. The molecular formula is C10H14O2. The van der Waals surface area contributed by atoms with Crippen LogP contribution in [0.25, 0.3) is 0 Å². The van der Waals surface area contributed by atoms with Gasteiger partial charge >= 0.3 is 5.97 Å². The Labute approximate surface area is 72.6 Å². The summed E-state index contributed by atoms with van der Waals surface area (Å²) in [6.45, 7) is 6.27. The molecule has 2 rings (SSSR count). The summed E-state index contributed by atoms with van der Waals surface area (Å²) in [5, 5.41) is 0. The Morgan fingerprint density at radius 1 is 1.58 bits per heavy atom. The number of rotatable bonds is 0. The smallest absolute Gasteiger partial charge is 0.310 e. The van der Waals surface area contributed by atoms with Crippen LogP contribution in [-0.2, 0) is 9.53 Å². The average molecular weight is 166 g/mol. The molecule has 0 amide bonds. The second-order valence-electron chi connectivity index (χ2n) is 4.37. The zero-order valence-electron chi connectivity index (χ0n) is 7.76. The Balaban J connectivity index is 2.44. The van der Waals surface area contributed by atoms with Crippen LogP contribution in [0.5, 0.6) is 0 Å². The second-order valence-corrected chi connectivity index (χ2v) is 4.37. The number of hydrogen-bond acceptors (Lipinski definition) is 2. The van der Waals surface area contributed by atoms with Crippen molar-refractivity contribution in [1.29, 1.82) is 0 Å². The molecule has 2 bridgehead atoms. The van der Waals surface area contributed by atoms with E-state index in [9.17, 15) is 4.79 Å². The fourth-order valence-corrected chi connectivity index (χ4v) is 2.33. The number of fused-ring (bicyclic) bond motifs is 2. The van der Waals surface area contributed by atoms with Crippen LogP contribution in [0.15, 0.2) is 11.6 Å². The molecule has 0 aromatic heterocycles. The largest absolute Gasteiger partial charge is 0.457 e. The van der Waals surface area contributed by atoms with Crippen LogP contribution < -0.4 is 0 Å². The van der Waals surface area contributed by atoms with Gasteiger partial charge in [-0.3, -0.25) is 4.79 Å². The summed E-state index contributed by atoms with van der Waals surface area (Å²) in [6.07, 6.45) is 3.02. The van der Waals surface area contributed by atoms with E-state index in [-0.39, 0.29) is 23.4 Å². The first-order valence-corrected chi connectivity index (χ1v) is 4.40. The third kappa shape index (κ3) is 0.780. The van der Waals surface area contributed by atoms with Crippen LogP contribution in [0.4, 0.5) is 0 Å². The molecule has 1 fully saturated rings. The summed E-state index contributed by atoms with van der Waals surface area (Å²) in [5.41, 5.74) is 1.22. The molecule has 2 aliphatic rings. The Morgan fingerprint density at radius 3 is 2.83 bits per heavy atom. The van der Waals surface area contributed by atoms with E-state index < -0.39 is 0 Å². The molecule has 0 aromatic carbocycles. The minimum atomic E-state index is -0.0156. The lowest BCUT2D eigenvalue weighted by Gasteiger charge is -2.32. The van der Waals surface area contributed by atoms with Crippen molar-refractivity contribution in [1.82, 2.24) is 0 Å². The van der Waals surface area contributed by atoms with Crippen molar-refractivity contribution in [2.45, 2.75) is 33.3 Å². The molecule has 0 aromatic rings. The van der Waals surface area contributed by atoms with Crippen LogP contribution in [0.3, 0.4) is 0 Å². The van der Waals surface area contributed by atoms with E-state index in [0.717, 1.165) is 6.42 Å². The zero-order chi connectivity index (χ0) is 8.93. The van der Waals surface area contributed by atoms with Gasteiger partial charge in [-0.1, -0.05) is 19.9 Å². The molecule has 0 spiro atoms. The first kappa shape index (κ1) is 7.84. The van der Waals surface area contributed by atoms with Crippen molar-refractivity contribution in [2.75, 3.05) is 0 Å². The Hall–Kier alpha value is -0.790. The average Bonchev–Trinajstić information content (AvgIpc) is 2.14. The standard InChI is InChI=1S/C10H14O2/c1-6-4-5-7-9(11)12-8(6)10(7,2)3/h4,7-8H,5H2,1-3H3. The molecule has 0 N–H and O–H groups in total. The van der Waals surface area contributed by atoms with Crippen molar-refractivity contribution < 1.29 is 9.53 Å². The molecule has 2 unspecified atom stereocenters. The predicted molar refractivity (Wildman–Crippen MR) is 45.5 cm³/mol. The topological polar surface area (TPSA) is 26.3 Å². The summed E-state index contributed by atoms with van der Waals surface area (Å²) in [6, 6.07) is 0. The van der Waals surface area contributed by atoms with Gasteiger partial charge in [-0.2, -0.15) is 0 Å². The van der Waals surface area contributed by atoms with Crippen molar-refractivity contribution in [3.8, 4) is 0 Å². The summed E-state index contributed by atoms with van der Waals surface area (Å²) < 4.78 is 5.31. The van der Waals surface area contributed by atoms with Gasteiger partial charge < -0.3 is 4.74 Å². The molecule has 1 heterocycles. The highest BCUT2D eigenvalue weighted by Crippen LogP contribution is 2.48. The summed E-state index contributed by atoms with van der Waals surface area (Å²) in [5.74, 6) is 0.0734. The van der Waals surface area contributed by atoms with Crippen molar-refractivity contribution in [2.24, 2.45) is 11.3 Å². The van der Waals surface area contributed by atoms with Crippen molar-refractivity contribution in [3.63, 3.8) is 0 Å². The molecule has 2 heteroatoms. The van der Waals surface area contributed by atoms with E-state index in [4.69, 9.17) is 4.74 Å². The van der Waals surface area contributed by atoms with E-state index >= 15 is 0 Å². The lowest BCUT2D eigenvalue weighted by molar-refractivity contribution is -0.142. The predicted octanol–water partition coefficient (Wildman–Crippen LogP) is 1.90. The Morgan fingerprint density at radius 2 is 2.25 bits per heavy atom. The van der Waals surface area contributed by atoms with E-state index in [0.29, 0.717) is 0 Å². The fourth-order valence-electron chi connectivity index (χ4n) is 2.33. The van der Waals surface area contributed by atoms with Crippen LogP contribution in [-0.4, -0.2) is 12.1 Å². The summed E-state index contributed by atoms with van der Waals surface area (Å²) in [7, 11) is 0. The molecule has 1 saturated heterocycles. The molecule has 1 aliphatic heterocycles. The zero-order valence-corrected chi connectivity index (χ0v) is 7.76. The number of hydrogen-bond donors (Lipinski definition) is 0. The van der Waals surface area contributed by atoms with Gasteiger partial charge in [0.05, 0.1) is 5.92 Å². The maximum absolute atomic E-state index is 11.4. The number of esters is 1. The van der Waals surface area contributed by atoms with Gasteiger partial charge in [0.2, 0.25) is 0 Å². The summed E-state index contributed by atoms with van der Waals surface area (Å²) >= 11 is 0. The molecular weight excluding hydrogens is 152 g/mol. The molecule has 12 heavy (non-hydrogen) atoms. The van der Waals surface area contributed by atoms with E-state index in [2.05, 4.69) is 19.9 Å². The van der Waals surface area contributed by atoms with Gasteiger partial charge in [0.15, 0.2) is 0 Å². The summed E-state index contributed by atoms with van der Waals surface area (Å²) in [4.78, 5) is 11.4. The Kier molecular flexibility index (Phi) is 1.39. The third-order valence-electron chi connectivity index (χ3n) is 3.18. The van der Waals surface area contributed by atoms with Gasteiger partial charge in [0.25, 0.3) is 0 Å². The van der Waals surface area contributed by atoms with Crippen LogP contribution in [0.1, 0.15) is 27.2 Å².